The summed E-state index contributed by atoms with van der Waals surface area (Å²) >= 11 is 15.7. The largest absolute Gasteiger partial charge is 0.491 e. The smallest absolute Gasteiger partial charge is 0.410 e. The van der Waals surface area contributed by atoms with Gasteiger partial charge in [-0.25, -0.2) is 14.6 Å². The van der Waals surface area contributed by atoms with E-state index >= 15 is 0 Å². The summed E-state index contributed by atoms with van der Waals surface area (Å²) in [5.41, 5.74) is 0.989. The number of carbonyl (C=O) groups excluding carboxylic acids is 2. The molecule has 2 aromatic rings. The lowest BCUT2D eigenvalue weighted by molar-refractivity contribution is -0.0107. The summed E-state index contributed by atoms with van der Waals surface area (Å²) in [6.07, 6.45) is 1.14. The fourth-order valence-electron chi connectivity index (χ4n) is 5.26. The van der Waals surface area contributed by atoms with Crippen molar-refractivity contribution in [3.63, 3.8) is 0 Å². The number of hydrogen-bond donors (Lipinski definition) is 1. The minimum Gasteiger partial charge on any atom is -0.491 e. The van der Waals surface area contributed by atoms with Crippen LogP contribution in [0, 0.1) is 0 Å². The van der Waals surface area contributed by atoms with E-state index in [1.807, 2.05) is 55.7 Å². The number of hydrogen-bond acceptors (Lipinski definition) is 6. The summed E-state index contributed by atoms with van der Waals surface area (Å²) < 4.78 is 12.6. The molecule has 41 heavy (non-hydrogen) atoms. The number of fused-ring (bicyclic) bond motifs is 1. The van der Waals surface area contributed by atoms with Crippen molar-refractivity contribution in [1.82, 2.24) is 19.7 Å². The van der Waals surface area contributed by atoms with Gasteiger partial charge in [-0.05, 0) is 83.4 Å². The van der Waals surface area contributed by atoms with Crippen molar-refractivity contribution in [2.24, 2.45) is 0 Å². The molecule has 3 amide bonds. The van der Waals surface area contributed by atoms with Crippen LogP contribution in [0.1, 0.15) is 46.6 Å². The third-order valence-corrected chi connectivity index (χ3v) is 8.09. The van der Waals surface area contributed by atoms with Gasteiger partial charge in [-0.1, -0.05) is 39.1 Å². The normalized spacial score (nSPS) is 21.1. The van der Waals surface area contributed by atoms with Gasteiger partial charge in [0.2, 0.25) is 0 Å². The number of piperazine rings is 1. The van der Waals surface area contributed by atoms with Crippen LogP contribution in [0.3, 0.4) is 0 Å². The van der Waals surface area contributed by atoms with Crippen molar-refractivity contribution >= 4 is 56.9 Å². The van der Waals surface area contributed by atoms with Crippen LogP contribution in [0.15, 0.2) is 34.8 Å². The molecule has 0 radical (unpaired) electrons. The number of amides is 3. The Morgan fingerprint density at radius 1 is 1.15 bits per heavy atom. The first kappa shape index (κ1) is 31.7. The molecule has 0 spiro atoms. The van der Waals surface area contributed by atoms with E-state index in [-0.39, 0.29) is 40.6 Å². The summed E-state index contributed by atoms with van der Waals surface area (Å²) in [4.78, 5) is 36.3. The van der Waals surface area contributed by atoms with Gasteiger partial charge < -0.3 is 24.6 Å². The van der Waals surface area contributed by atoms with Gasteiger partial charge in [0.05, 0.1) is 6.04 Å². The highest BCUT2D eigenvalue weighted by atomic mass is 79.9. The van der Waals surface area contributed by atoms with Gasteiger partial charge in [0.1, 0.15) is 28.3 Å². The second-order valence-corrected chi connectivity index (χ2v) is 13.4. The van der Waals surface area contributed by atoms with Crippen molar-refractivity contribution in [1.29, 1.82) is 0 Å². The molecule has 2 aliphatic rings. The van der Waals surface area contributed by atoms with Crippen LogP contribution in [-0.2, 0) is 11.2 Å². The molecular weight excluding hydrogens is 633 g/mol. The Morgan fingerprint density at radius 2 is 1.85 bits per heavy atom. The number of urea groups is 1. The highest BCUT2D eigenvalue weighted by Crippen LogP contribution is 2.30. The molecule has 1 fully saturated rings. The SMILES string of the molecule is CC1CN(CCCN(C(=O)Nc2cc(Cl)nc(Cl)c2)C2COc3ccc(Br)cc3C2)[C@@H](C)CN1C(=O)OC(C)(C)C. The maximum Gasteiger partial charge on any atom is 0.410 e. The predicted octanol–water partition coefficient (Wildman–Crippen LogP) is 6.71. The fourth-order valence-corrected chi connectivity index (χ4v) is 6.13. The topological polar surface area (TPSA) is 87.2 Å². The second-order valence-electron chi connectivity index (χ2n) is 11.7. The number of aromatic nitrogens is 1. The molecule has 9 nitrogen and oxygen atoms in total. The standard InChI is InChI=1S/C29H38BrCl2N5O4/c1-18-16-37(28(39)41-29(3,4)5)19(2)15-35(18)9-6-10-36(27(38)33-22-13-25(31)34-26(32)14-22)23-12-20-11-21(30)7-8-24(20)40-17-23/h7-8,11,13-14,18-19,23H,6,9-10,12,15-17H2,1-5H3,(H,33,34,38)/t18-,19?,23?/m0/s1. The highest BCUT2D eigenvalue weighted by Gasteiger charge is 2.35. The number of anilines is 1. The molecule has 3 atom stereocenters. The number of carbonyl (C=O) groups is 2. The number of halogens is 3. The molecule has 0 saturated carbocycles. The second kappa shape index (κ2) is 13.4. The zero-order chi connectivity index (χ0) is 29.9. The molecule has 3 heterocycles. The maximum atomic E-state index is 13.6. The lowest BCUT2D eigenvalue weighted by atomic mass is 10.0. The Kier molecular flexibility index (Phi) is 10.3. The van der Waals surface area contributed by atoms with Gasteiger partial charge >= 0.3 is 12.1 Å². The van der Waals surface area contributed by atoms with Crippen LogP contribution in [0.5, 0.6) is 5.75 Å². The van der Waals surface area contributed by atoms with E-state index < -0.39 is 5.60 Å². The molecule has 224 valence electrons. The van der Waals surface area contributed by atoms with E-state index in [0.717, 1.165) is 35.3 Å². The summed E-state index contributed by atoms with van der Waals surface area (Å²) in [5.74, 6) is 0.836. The summed E-state index contributed by atoms with van der Waals surface area (Å²) in [5, 5.41) is 3.34. The first-order valence-corrected chi connectivity index (χ1v) is 15.4. The van der Waals surface area contributed by atoms with Gasteiger partial charge in [-0.2, -0.15) is 0 Å². The Bertz CT molecular complexity index is 1240. The van der Waals surface area contributed by atoms with Crippen molar-refractivity contribution < 1.29 is 19.1 Å². The van der Waals surface area contributed by atoms with E-state index in [4.69, 9.17) is 32.7 Å². The van der Waals surface area contributed by atoms with E-state index in [0.29, 0.717) is 31.8 Å². The van der Waals surface area contributed by atoms with Crippen LogP contribution >= 0.6 is 39.1 Å². The first-order chi connectivity index (χ1) is 19.3. The van der Waals surface area contributed by atoms with Crippen LogP contribution in [0.25, 0.3) is 0 Å². The average Bonchev–Trinajstić information content (AvgIpc) is 2.86. The number of ether oxygens (including phenoxy) is 2. The Balaban J connectivity index is 1.43. The van der Waals surface area contributed by atoms with E-state index in [9.17, 15) is 9.59 Å². The first-order valence-electron chi connectivity index (χ1n) is 13.8. The summed E-state index contributed by atoms with van der Waals surface area (Å²) in [7, 11) is 0. The third kappa shape index (κ3) is 8.63. The van der Waals surface area contributed by atoms with Crippen LogP contribution < -0.4 is 10.1 Å². The molecule has 2 aliphatic heterocycles. The molecule has 1 aromatic carbocycles. The molecule has 0 aliphatic carbocycles. The molecular formula is C29H38BrCl2N5O4. The molecule has 0 bridgehead atoms. The highest BCUT2D eigenvalue weighted by molar-refractivity contribution is 9.10. The molecule has 1 N–H and O–H groups in total. The van der Waals surface area contributed by atoms with Crippen LogP contribution in [0.2, 0.25) is 10.3 Å². The lowest BCUT2D eigenvalue weighted by Gasteiger charge is -2.44. The minimum absolute atomic E-state index is 0.0170. The van der Waals surface area contributed by atoms with Crippen molar-refractivity contribution in [3.8, 4) is 5.75 Å². The zero-order valence-electron chi connectivity index (χ0n) is 24.1. The van der Waals surface area contributed by atoms with Gasteiger partial charge in [-0.3, -0.25) is 4.90 Å². The zero-order valence-corrected chi connectivity index (χ0v) is 27.2. The van der Waals surface area contributed by atoms with Crippen molar-refractivity contribution in [3.05, 3.63) is 50.7 Å². The molecule has 12 heteroatoms. The van der Waals surface area contributed by atoms with Gasteiger partial charge in [0.15, 0.2) is 0 Å². The number of benzene rings is 1. The summed E-state index contributed by atoms with van der Waals surface area (Å²) in [6.45, 7) is 12.8. The van der Waals surface area contributed by atoms with Crippen LogP contribution in [-0.4, -0.2) is 88.3 Å². The Labute approximate surface area is 260 Å². The van der Waals surface area contributed by atoms with Gasteiger partial charge in [0.25, 0.3) is 0 Å². The number of nitrogens with zero attached hydrogens (tertiary/aromatic N) is 4. The number of pyridine rings is 1. The van der Waals surface area contributed by atoms with Crippen molar-refractivity contribution in [2.45, 2.75) is 71.2 Å². The van der Waals surface area contributed by atoms with E-state index in [2.05, 4.69) is 38.1 Å². The maximum absolute atomic E-state index is 13.6. The molecule has 1 saturated heterocycles. The average molecular weight is 671 g/mol. The summed E-state index contributed by atoms with van der Waals surface area (Å²) in [6, 6.07) is 8.82. The Morgan fingerprint density at radius 3 is 2.54 bits per heavy atom. The minimum atomic E-state index is -0.534. The van der Waals surface area contributed by atoms with E-state index in [1.165, 1.54) is 0 Å². The van der Waals surface area contributed by atoms with Crippen molar-refractivity contribution in [2.75, 3.05) is 38.1 Å². The quantitative estimate of drug-likeness (QED) is 0.344. The third-order valence-electron chi connectivity index (χ3n) is 7.21. The predicted molar refractivity (Wildman–Crippen MR) is 165 cm³/mol. The molecule has 2 unspecified atom stereocenters. The fraction of sp³-hybridized carbons (Fsp3) is 0.552. The lowest BCUT2D eigenvalue weighted by Crippen LogP contribution is -2.59. The van der Waals surface area contributed by atoms with Gasteiger partial charge in [-0.15, -0.1) is 0 Å². The van der Waals surface area contributed by atoms with E-state index in [1.54, 1.807) is 12.1 Å². The number of nitrogens with one attached hydrogen (secondary N) is 1. The Hall–Kier alpha value is -2.27. The monoisotopic (exact) mass is 669 g/mol. The van der Waals surface area contributed by atoms with Crippen LogP contribution in [0.4, 0.5) is 15.3 Å². The van der Waals surface area contributed by atoms with Gasteiger partial charge in [0, 0.05) is 48.4 Å². The number of rotatable bonds is 6. The molecule has 4 rings (SSSR count). The molecule has 1 aromatic heterocycles.